The van der Waals surface area contributed by atoms with Gasteiger partial charge < -0.3 is 8.83 Å². The van der Waals surface area contributed by atoms with Crippen LogP contribution < -0.4 is 10.9 Å². The number of carbonyl (C=O) groups is 1. The fraction of sp³-hybridized carbons (Fsp3) is 0.105. The molecule has 1 aromatic carbocycles. The molecule has 132 valence electrons. The highest BCUT2D eigenvalue weighted by Gasteiger charge is 2.04. The van der Waals surface area contributed by atoms with Gasteiger partial charge in [-0.1, -0.05) is 0 Å². The summed E-state index contributed by atoms with van der Waals surface area (Å²) in [4.78, 5) is 12.0. The van der Waals surface area contributed by atoms with Gasteiger partial charge in [-0.25, -0.2) is 5.43 Å². The Morgan fingerprint density at radius 1 is 0.846 bits per heavy atom. The van der Waals surface area contributed by atoms with Crippen molar-refractivity contribution in [3.05, 3.63) is 77.1 Å². The van der Waals surface area contributed by atoms with Gasteiger partial charge in [-0.05, 0) is 62.4 Å². The molecule has 2 aromatic heterocycles. The Balaban J connectivity index is 1.52. The number of benzene rings is 1. The molecule has 0 saturated carbocycles. The first-order valence-corrected chi connectivity index (χ1v) is 7.95. The normalized spacial score (nSPS) is 11.3. The van der Waals surface area contributed by atoms with Crippen molar-refractivity contribution in [1.82, 2.24) is 5.43 Å². The van der Waals surface area contributed by atoms with Crippen molar-refractivity contribution in [1.29, 1.82) is 0 Å². The van der Waals surface area contributed by atoms with Gasteiger partial charge in [-0.15, -0.1) is 0 Å². The predicted molar refractivity (Wildman–Crippen MR) is 99.6 cm³/mol. The zero-order valence-electron chi connectivity index (χ0n) is 14.4. The highest BCUT2D eigenvalue weighted by Crippen LogP contribution is 2.10. The average molecular weight is 350 g/mol. The van der Waals surface area contributed by atoms with Gasteiger partial charge in [0.25, 0.3) is 5.91 Å². The van der Waals surface area contributed by atoms with Crippen LogP contribution in [0.15, 0.2) is 67.6 Å². The number of aryl methyl sites for hydroxylation is 2. The lowest BCUT2D eigenvalue weighted by molar-refractivity contribution is 0.0955. The zero-order chi connectivity index (χ0) is 18.4. The summed E-state index contributed by atoms with van der Waals surface area (Å²) < 4.78 is 10.7. The van der Waals surface area contributed by atoms with Crippen LogP contribution in [0.1, 0.15) is 33.4 Å². The maximum absolute atomic E-state index is 12.0. The molecule has 26 heavy (non-hydrogen) atoms. The lowest BCUT2D eigenvalue weighted by Gasteiger charge is -2.02. The van der Waals surface area contributed by atoms with E-state index >= 15 is 0 Å². The molecule has 0 atom stereocenters. The number of carbonyl (C=O) groups excluding carboxylic acids is 1. The Morgan fingerprint density at radius 3 is 1.96 bits per heavy atom. The van der Waals surface area contributed by atoms with E-state index in [1.807, 2.05) is 32.0 Å². The van der Waals surface area contributed by atoms with E-state index in [9.17, 15) is 4.79 Å². The molecule has 0 saturated heterocycles. The van der Waals surface area contributed by atoms with E-state index in [0.717, 1.165) is 17.2 Å². The van der Waals surface area contributed by atoms with Crippen molar-refractivity contribution in [2.45, 2.75) is 13.8 Å². The van der Waals surface area contributed by atoms with Crippen LogP contribution in [-0.4, -0.2) is 18.3 Å². The van der Waals surface area contributed by atoms with Crippen molar-refractivity contribution in [3.8, 4) is 0 Å². The number of nitrogens with zero attached hydrogens (tertiary/aromatic N) is 2. The number of furan rings is 2. The molecule has 0 radical (unpaired) electrons. The van der Waals surface area contributed by atoms with E-state index in [0.29, 0.717) is 17.1 Å². The van der Waals surface area contributed by atoms with Crippen molar-refractivity contribution >= 4 is 24.0 Å². The molecule has 1 amide bonds. The van der Waals surface area contributed by atoms with E-state index in [1.165, 1.54) is 6.21 Å². The number of amides is 1. The molecule has 0 aliphatic heterocycles. The first kappa shape index (κ1) is 17.2. The molecule has 0 bridgehead atoms. The molecule has 0 aliphatic rings. The fourth-order valence-corrected chi connectivity index (χ4v) is 2.13. The smallest absolute Gasteiger partial charge is 0.271 e. The minimum Gasteiger partial charge on any atom is -0.460 e. The van der Waals surface area contributed by atoms with Gasteiger partial charge in [0.1, 0.15) is 23.0 Å². The van der Waals surface area contributed by atoms with Crippen molar-refractivity contribution < 1.29 is 13.6 Å². The predicted octanol–water partition coefficient (Wildman–Crippen LogP) is 3.70. The summed E-state index contributed by atoms with van der Waals surface area (Å²) in [5.41, 5.74) is 6.55. The van der Waals surface area contributed by atoms with Crippen LogP contribution in [0.2, 0.25) is 0 Å². The van der Waals surface area contributed by atoms with E-state index in [1.54, 1.807) is 36.5 Å². The van der Waals surface area contributed by atoms with Crippen molar-refractivity contribution in [3.63, 3.8) is 0 Å². The van der Waals surface area contributed by atoms with Crippen LogP contribution in [0.3, 0.4) is 0 Å². The maximum atomic E-state index is 12.0. The zero-order valence-corrected chi connectivity index (χ0v) is 14.4. The average Bonchev–Trinajstić information content (AvgIpc) is 3.23. The number of hydrogen-bond acceptors (Lipinski definition) is 6. The minimum absolute atomic E-state index is 0.314. The van der Waals surface area contributed by atoms with E-state index in [2.05, 4.69) is 21.1 Å². The minimum atomic E-state index is -0.314. The third kappa shape index (κ3) is 4.70. The summed E-state index contributed by atoms with van der Waals surface area (Å²) in [6, 6.07) is 14.1. The van der Waals surface area contributed by atoms with Gasteiger partial charge in [-0.3, -0.25) is 10.2 Å². The Bertz CT molecular complexity index is 936. The van der Waals surface area contributed by atoms with E-state index in [-0.39, 0.29) is 5.91 Å². The summed E-state index contributed by atoms with van der Waals surface area (Å²) in [5, 5.41) is 7.95. The summed E-state index contributed by atoms with van der Waals surface area (Å²) in [6.07, 6.45) is 3.03. The maximum Gasteiger partial charge on any atom is 0.271 e. The molecule has 7 heteroatoms. The quantitative estimate of drug-likeness (QED) is 0.524. The molecule has 2 heterocycles. The largest absolute Gasteiger partial charge is 0.460 e. The highest BCUT2D eigenvalue weighted by molar-refractivity contribution is 5.95. The highest BCUT2D eigenvalue weighted by atomic mass is 16.3. The van der Waals surface area contributed by atoms with Crippen LogP contribution in [-0.2, 0) is 0 Å². The Morgan fingerprint density at radius 2 is 1.42 bits per heavy atom. The van der Waals surface area contributed by atoms with Crippen LogP contribution >= 0.6 is 0 Å². The number of rotatable bonds is 6. The van der Waals surface area contributed by atoms with Crippen LogP contribution in [0.25, 0.3) is 0 Å². The van der Waals surface area contributed by atoms with Crippen molar-refractivity contribution in [2.75, 3.05) is 5.43 Å². The van der Waals surface area contributed by atoms with Gasteiger partial charge in [0, 0.05) is 5.56 Å². The number of nitrogens with one attached hydrogen (secondary N) is 2. The third-order valence-electron chi connectivity index (χ3n) is 3.41. The molecule has 3 aromatic rings. The van der Waals surface area contributed by atoms with Crippen LogP contribution in [0.5, 0.6) is 0 Å². The molecular weight excluding hydrogens is 332 g/mol. The lowest BCUT2D eigenvalue weighted by atomic mass is 10.2. The molecular formula is C19H18N4O3. The molecule has 0 aliphatic carbocycles. The van der Waals surface area contributed by atoms with E-state index < -0.39 is 0 Å². The topological polar surface area (TPSA) is 92.1 Å². The lowest BCUT2D eigenvalue weighted by Crippen LogP contribution is -2.17. The molecule has 2 N–H and O–H groups in total. The Labute approximate surface area is 150 Å². The summed E-state index contributed by atoms with van der Waals surface area (Å²) in [7, 11) is 0. The standard InChI is InChI=1S/C19H18N4O3/c1-13-3-9-17(25-13)11-20-22-16-7-5-15(6-8-16)19(24)23-21-12-18-10-4-14(2)26-18/h3-12,22H,1-2H3,(H,23,24)/b20-11+,21-12+. The van der Waals surface area contributed by atoms with Gasteiger partial charge in [0.15, 0.2) is 0 Å². The molecule has 0 fully saturated rings. The number of hydrazone groups is 2. The second-order valence-electron chi connectivity index (χ2n) is 5.54. The Kier molecular flexibility index (Phi) is 5.28. The second-order valence-corrected chi connectivity index (χ2v) is 5.54. The molecule has 3 rings (SSSR count). The number of anilines is 1. The van der Waals surface area contributed by atoms with Gasteiger partial charge >= 0.3 is 0 Å². The first-order chi connectivity index (χ1) is 12.6. The van der Waals surface area contributed by atoms with Gasteiger partial charge in [0.2, 0.25) is 0 Å². The number of hydrogen-bond donors (Lipinski definition) is 2. The SMILES string of the molecule is Cc1ccc(/C=N/NC(=O)c2ccc(N/N=C/c3ccc(C)o3)cc2)o1. The van der Waals surface area contributed by atoms with E-state index in [4.69, 9.17) is 8.83 Å². The van der Waals surface area contributed by atoms with Crippen LogP contribution in [0.4, 0.5) is 5.69 Å². The van der Waals surface area contributed by atoms with Crippen molar-refractivity contribution in [2.24, 2.45) is 10.2 Å². The molecule has 0 spiro atoms. The molecule has 0 unspecified atom stereocenters. The molecule has 7 nitrogen and oxygen atoms in total. The Hall–Kier alpha value is -3.61. The van der Waals surface area contributed by atoms with Crippen LogP contribution in [0, 0.1) is 13.8 Å². The first-order valence-electron chi connectivity index (χ1n) is 7.95. The summed E-state index contributed by atoms with van der Waals surface area (Å²) in [6.45, 7) is 3.71. The van der Waals surface area contributed by atoms with Gasteiger partial charge in [0.05, 0.1) is 18.1 Å². The second kappa shape index (κ2) is 7.98. The van der Waals surface area contributed by atoms with Gasteiger partial charge in [-0.2, -0.15) is 10.2 Å². The fourth-order valence-electron chi connectivity index (χ4n) is 2.13. The monoisotopic (exact) mass is 350 g/mol. The third-order valence-corrected chi connectivity index (χ3v) is 3.41. The summed E-state index contributed by atoms with van der Waals surface area (Å²) >= 11 is 0. The summed E-state index contributed by atoms with van der Waals surface area (Å²) in [5.74, 6) is 2.53.